The van der Waals surface area contributed by atoms with Crippen LogP contribution < -0.4 is 15.4 Å². The topological polar surface area (TPSA) is 33.3 Å². The SMILES string of the molecule is CNC(c1cc(C)c(OC)c(C)c1C)C1CCCN1. The predicted octanol–water partition coefficient (Wildman–Crippen LogP) is 2.63. The zero-order valence-corrected chi connectivity index (χ0v) is 12.8. The molecule has 1 heterocycles. The van der Waals surface area contributed by atoms with Crippen molar-refractivity contribution in [3.05, 3.63) is 28.3 Å². The van der Waals surface area contributed by atoms with Gasteiger partial charge < -0.3 is 15.4 Å². The first-order valence-electron chi connectivity index (χ1n) is 7.15. The highest BCUT2D eigenvalue weighted by atomic mass is 16.5. The van der Waals surface area contributed by atoms with Crippen LogP contribution in [0.25, 0.3) is 0 Å². The van der Waals surface area contributed by atoms with Crippen molar-refractivity contribution in [1.82, 2.24) is 10.6 Å². The van der Waals surface area contributed by atoms with Crippen LogP contribution in [0.1, 0.15) is 41.1 Å². The Balaban J connectivity index is 2.42. The molecule has 0 radical (unpaired) electrons. The Labute approximate surface area is 116 Å². The number of rotatable bonds is 4. The quantitative estimate of drug-likeness (QED) is 0.875. The Kier molecular flexibility index (Phi) is 4.48. The molecule has 19 heavy (non-hydrogen) atoms. The molecule has 2 rings (SSSR count). The van der Waals surface area contributed by atoms with Crippen molar-refractivity contribution in [2.45, 2.75) is 45.7 Å². The van der Waals surface area contributed by atoms with Gasteiger partial charge in [-0.2, -0.15) is 0 Å². The van der Waals surface area contributed by atoms with Crippen molar-refractivity contribution in [2.24, 2.45) is 0 Å². The maximum Gasteiger partial charge on any atom is 0.124 e. The molecule has 0 aliphatic carbocycles. The first-order chi connectivity index (χ1) is 9.10. The van der Waals surface area contributed by atoms with Crippen molar-refractivity contribution in [3.63, 3.8) is 0 Å². The van der Waals surface area contributed by atoms with E-state index >= 15 is 0 Å². The summed E-state index contributed by atoms with van der Waals surface area (Å²) in [6.45, 7) is 7.62. The van der Waals surface area contributed by atoms with Gasteiger partial charge >= 0.3 is 0 Å². The molecule has 0 saturated carbocycles. The summed E-state index contributed by atoms with van der Waals surface area (Å²) in [5.74, 6) is 1.02. The fourth-order valence-electron chi connectivity index (χ4n) is 3.30. The smallest absolute Gasteiger partial charge is 0.124 e. The number of likely N-dealkylation sites (N-methyl/N-ethyl adjacent to an activating group) is 1. The maximum absolute atomic E-state index is 5.51. The minimum atomic E-state index is 0.380. The lowest BCUT2D eigenvalue weighted by Gasteiger charge is -2.27. The molecule has 0 aromatic heterocycles. The first kappa shape index (κ1) is 14.4. The normalized spacial score (nSPS) is 20.6. The maximum atomic E-state index is 5.51. The number of benzene rings is 1. The number of hydrogen-bond donors (Lipinski definition) is 2. The molecule has 2 atom stereocenters. The number of nitrogens with one attached hydrogen (secondary N) is 2. The molecule has 0 spiro atoms. The van der Waals surface area contributed by atoms with Crippen LogP contribution in [0.5, 0.6) is 5.75 Å². The zero-order valence-electron chi connectivity index (χ0n) is 12.8. The van der Waals surface area contributed by atoms with Crippen LogP contribution in [0, 0.1) is 20.8 Å². The summed E-state index contributed by atoms with van der Waals surface area (Å²) in [6.07, 6.45) is 2.52. The first-order valence-corrected chi connectivity index (χ1v) is 7.15. The number of hydrogen-bond acceptors (Lipinski definition) is 3. The molecule has 1 aliphatic heterocycles. The Morgan fingerprint density at radius 3 is 2.58 bits per heavy atom. The van der Waals surface area contributed by atoms with Crippen LogP contribution in [0.4, 0.5) is 0 Å². The second-order valence-corrected chi connectivity index (χ2v) is 5.54. The Bertz CT molecular complexity index is 451. The lowest BCUT2D eigenvalue weighted by molar-refractivity contribution is 0.405. The van der Waals surface area contributed by atoms with Crippen molar-refractivity contribution >= 4 is 0 Å². The van der Waals surface area contributed by atoms with Crippen LogP contribution in [-0.4, -0.2) is 26.7 Å². The average Bonchev–Trinajstić information content (AvgIpc) is 2.90. The zero-order chi connectivity index (χ0) is 14.0. The molecule has 1 saturated heterocycles. The van der Waals surface area contributed by atoms with E-state index < -0.39 is 0 Å². The van der Waals surface area contributed by atoms with E-state index in [0.29, 0.717) is 12.1 Å². The van der Waals surface area contributed by atoms with Gasteiger partial charge in [0.05, 0.1) is 7.11 Å². The Morgan fingerprint density at radius 2 is 2.05 bits per heavy atom. The molecule has 3 nitrogen and oxygen atoms in total. The summed E-state index contributed by atoms with van der Waals surface area (Å²) in [5.41, 5.74) is 5.22. The van der Waals surface area contributed by atoms with Crippen molar-refractivity contribution in [3.8, 4) is 5.75 Å². The Morgan fingerprint density at radius 1 is 1.32 bits per heavy atom. The van der Waals surface area contributed by atoms with E-state index in [0.717, 1.165) is 12.3 Å². The largest absolute Gasteiger partial charge is 0.496 e. The van der Waals surface area contributed by atoms with E-state index in [1.54, 1.807) is 7.11 Å². The van der Waals surface area contributed by atoms with Crippen molar-refractivity contribution in [1.29, 1.82) is 0 Å². The number of methoxy groups -OCH3 is 1. The van der Waals surface area contributed by atoms with E-state index in [9.17, 15) is 0 Å². The molecule has 1 aliphatic rings. The molecule has 106 valence electrons. The summed E-state index contributed by atoms with van der Waals surface area (Å²) < 4.78 is 5.51. The summed E-state index contributed by atoms with van der Waals surface area (Å²) in [6, 6.07) is 3.20. The number of aryl methyl sites for hydroxylation is 1. The molecule has 1 aromatic carbocycles. The van der Waals surface area contributed by atoms with Crippen LogP contribution in [-0.2, 0) is 0 Å². The van der Waals surface area contributed by atoms with Crippen LogP contribution in [0.15, 0.2) is 6.07 Å². The molecule has 3 heteroatoms. The van der Waals surface area contributed by atoms with Gasteiger partial charge in [-0.05, 0) is 69.5 Å². The summed E-state index contributed by atoms with van der Waals surface area (Å²) in [5, 5.41) is 7.10. The van der Waals surface area contributed by atoms with Gasteiger partial charge in [-0.15, -0.1) is 0 Å². The second kappa shape index (κ2) is 5.93. The lowest BCUT2D eigenvalue weighted by Crippen LogP contribution is -2.36. The van der Waals surface area contributed by atoms with Gasteiger partial charge in [0.1, 0.15) is 5.75 Å². The highest BCUT2D eigenvalue weighted by molar-refractivity contribution is 5.50. The third-order valence-electron chi connectivity index (χ3n) is 4.42. The van der Waals surface area contributed by atoms with Gasteiger partial charge in [-0.1, -0.05) is 6.07 Å². The van der Waals surface area contributed by atoms with Gasteiger partial charge in [0, 0.05) is 12.1 Å². The van der Waals surface area contributed by atoms with Gasteiger partial charge in [0.15, 0.2) is 0 Å². The molecule has 0 bridgehead atoms. The van der Waals surface area contributed by atoms with Gasteiger partial charge in [0.2, 0.25) is 0 Å². The van der Waals surface area contributed by atoms with E-state index in [2.05, 4.69) is 44.5 Å². The monoisotopic (exact) mass is 262 g/mol. The van der Waals surface area contributed by atoms with Gasteiger partial charge in [0.25, 0.3) is 0 Å². The fraction of sp³-hybridized carbons (Fsp3) is 0.625. The highest BCUT2D eigenvalue weighted by Crippen LogP contribution is 2.33. The van der Waals surface area contributed by atoms with Crippen molar-refractivity contribution in [2.75, 3.05) is 20.7 Å². The van der Waals surface area contributed by atoms with Crippen molar-refractivity contribution < 1.29 is 4.74 Å². The second-order valence-electron chi connectivity index (χ2n) is 5.54. The van der Waals surface area contributed by atoms with Gasteiger partial charge in [-0.25, -0.2) is 0 Å². The van der Waals surface area contributed by atoms with E-state index in [4.69, 9.17) is 4.74 Å². The van der Waals surface area contributed by atoms with Crippen LogP contribution in [0.3, 0.4) is 0 Å². The average molecular weight is 262 g/mol. The molecular formula is C16H26N2O. The molecule has 1 fully saturated rings. The molecule has 2 N–H and O–H groups in total. The predicted molar refractivity (Wildman–Crippen MR) is 80.0 cm³/mol. The standard InChI is InChI=1S/C16H26N2O/c1-10-9-13(11(2)12(3)16(10)19-5)15(17-4)14-7-6-8-18-14/h9,14-15,17-18H,6-8H2,1-5H3. The lowest BCUT2D eigenvalue weighted by atomic mass is 9.90. The van der Waals surface area contributed by atoms with Crippen LogP contribution in [0.2, 0.25) is 0 Å². The third-order valence-corrected chi connectivity index (χ3v) is 4.42. The Hall–Kier alpha value is -1.06. The highest BCUT2D eigenvalue weighted by Gasteiger charge is 2.27. The summed E-state index contributed by atoms with van der Waals surface area (Å²) >= 11 is 0. The fourth-order valence-corrected chi connectivity index (χ4v) is 3.30. The van der Waals surface area contributed by atoms with E-state index in [1.807, 2.05) is 0 Å². The van der Waals surface area contributed by atoms with E-state index in [1.165, 1.54) is 35.1 Å². The third kappa shape index (κ3) is 2.63. The molecule has 0 amide bonds. The molecular weight excluding hydrogens is 236 g/mol. The minimum absolute atomic E-state index is 0.380. The molecule has 1 aromatic rings. The summed E-state index contributed by atoms with van der Waals surface area (Å²) in [4.78, 5) is 0. The van der Waals surface area contributed by atoms with Crippen LogP contribution >= 0.6 is 0 Å². The number of ether oxygens (including phenoxy) is 1. The van der Waals surface area contributed by atoms with E-state index in [-0.39, 0.29) is 0 Å². The summed E-state index contributed by atoms with van der Waals surface area (Å²) in [7, 11) is 3.81. The van der Waals surface area contributed by atoms with Gasteiger partial charge in [-0.3, -0.25) is 0 Å². The minimum Gasteiger partial charge on any atom is -0.496 e. The molecule has 2 unspecified atom stereocenters.